The molecular formula is C29H29ClF3N3O3. The lowest BCUT2D eigenvalue weighted by Gasteiger charge is -2.26. The molecule has 1 aromatic heterocycles. The molecule has 39 heavy (non-hydrogen) atoms. The van der Waals surface area contributed by atoms with Gasteiger partial charge in [-0.3, -0.25) is 13.9 Å². The van der Waals surface area contributed by atoms with Crippen molar-refractivity contribution in [2.75, 3.05) is 21.2 Å². The van der Waals surface area contributed by atoms with Crippen LogP contribution >= 0.6 is 12.4 Å². The molecule has 0 aliphatic rings. The first kappa shape index (κ1) is 29.7. The zero-order chi connectivity index (χ0) is 27.6. The summed E-state index contributed by atoms with van der Waals surface area (Å²) in [5.41, 5.74) is -1.06. The second kappa shape index (κ2) is 12.4. The van der Waals surface area contributed by atoms with Gasteiger partial charge in [0.2, 0.25) is 0 Å². The molecule has 10 heteroatoms. The third-order valence-corrected chi connectivity index (χ3v) is 6.68. The Morgan fingerprint density at radius 3 is 2.08 bits per heavy atom. The van der Waals surface area contributed by atoms with Crippen LogP contribution in [0.3, 0.4) is 0 Å². The number of likely N-dealkylation sites (N-methyl/N-ethyl adjacent to an activating group) is 1. The molecule has 1 heterocycles. The summed E-state index contributed by atoms with van der Waals surface area (Å²) in [6.45, 7) is 0.897. The van der Waals surface area contributed by atoms with Crippen LogP contribution in [0.1, 0.15) is 22.9 Å². The van der Waals surface area contributed by atoms with Crippen molar-refractivity contribution in [3.63, 3.8) is 0 Å². The number of rotatable bonds is 8. The predicted octanol–water partition coefficient (Wildman–Crippen LogP) is 5.18. The summed E-state index contributed by atoms with van der Waals surface area (Å²) in [4.78, 5) is 29.5. The van der Waals surface area contributed by atoms with E-state index in [4.69, 9.17) is 4.74 Å². The molecule has 1 atom stereocenters. The third-order valence-electron chi connectivity index (χ3n) is 6.68. The highest BCUT2D eigenvalue weighted by molar-refractivity contribution is 5.85. The lowest BCUT2D eigenvalue weighted by atomic mass is 10.0. The Morgan fingerprint density at radius 2 is 1.49 bits per heavy atom. The Labute approximate surface area is 230 Å². The molecule has 206 valence electrons. The van der Waals surface area contributed by atoms with Gasteiger partial charge in [-0.15, -0.1) is 12.4 Å². The fourth-order valence-electron chi connectivity index (χ4n) is 4.58. The van der Waals surface area contributed by atoms with E-state index in [-0.39, 0.29) is 47.1 Å². The molecule has 0 spiro atoms. The maximum Gasteiger partial charge on any atom is 0.331 e. The second-order valence-corrected chi connectivity index (χ2v) is 9.16. The minimum Gasteiger partial charge on any atom is -0.494 e. The molecule has 0 aliphatic heterocycles. The van der Waals surface area contributed by atoms with Gasteiger partial charge in [-0.2, -0.15) is 0 Å². The third kappa shape index (κ3) is 5.79. The maximum absolute atomic E-state index is 15.4. The van der Waals surface area contributed by atoms with Crippen molar-refractivity contribution in [1.82, 2.24) is 14.0 Å². The predicted molar refractivity (Wildman–Crippen MR) is 147 cm³/mol. The lowest BCUT2D eigenvalue weighted by Crippen LogP contribution is -2.44. The summed E-state index contributed by atoms with van der Waals surface area (Å²) < 4.78 is 51.8. The molecule has 0 bridgehead atoms. The number of nitrogens with zero attached hydrogens (tertiary/aromatic N) is 3. The highest BCUT2D eigenvalue weighted by Gasteiger charge is 2.25. The monoisotopic (exact) mass is 559 g/mol. The van der Waals surface area contributed by atoms with Gasteiger partial charge in [-0.25, -0.2) is 18.0 Å². The van der Waals surface area contributed by atoms with Gasteiger partial charge >= 0.3 is 5.69 Å². The van der Waals surface area contributed by atoms with Crippen LogP contribution in [0.4, 0.5) is 13.2 Å². The largest absolute Gasteiger partial charge is 0.494 e. The van der Waals surface area contributed by atoms with Crippen molar-refractivity contribution in [1.29, 1.82) is 0 Å². The van der Waals surface area contributed by atoms with Gasteiger partial charge in [0, 0.05) is 16.8 Å². The van der Waals surface area contributed by atoms with Crippen LogP contribution in [0.5, 0.6) is 5.75 Å². The van der Waals surface area contributed by atoms with E-state index in [1.165, 1.54) is 38.3 Å². The molecule has 0 saturated heterocycles. The average Bonchev–Trinajstić information content (AvgIpc) is 2.89. The van der Waals surface area contributed by atoms with Gasteiger partial charge < -0.3 is 9.64 Å². The number of ether oxygens (including phenoxy) is 1. The minimum absolute atomic E-state index is 0. The molecule has 3 aromatic carbocycles. The van der Waals surface area contributed by atoms with Crippen molar-refractivity contribution < 1.29 is 17.9 Å². The van der Waals surface area contributed by atoms with Gasteiger partial charge in [-0.1, -0.05) is 48.5 Å². The Morgan fingerprint density at radius 1 is 0.872 bits per heavy atom. The van der Waals surface area contributed by atoms with Gasteiger partial charge in [-0.05, 0) is 44.8 Å². The minimum atomic E-state index is -0.835. The van der Waals surface area contributed by atoms with Crippen LogP contribution in [0, 0.1) is 24.4 Å². The topological polar surface area (TPSA) is 56.5 Å². The van der Waals surface area contributed by atoms with Crippen molar-refractivity contribution >= 4 is 12.4 Å². The summed E-state index contributed by atoms with van der Waals surface area (Å²) in [6.07, 6.45) is 0. The fraction of sp³-hybridized carbons (Fsp3) is 0.241. The Balaban J connectivity index is 0.00000420. The highest BCUT2D eigenvalue weighted by atomic mass is 35.5. The molecule has 0 fully saturated rings. The number of halogens is 4. The normalized spacial score (nSPS) is 11.8. The number of hydrogen-bond acceptors (Lipinski definition) is 4. The summed E-state index contributed by atoms with van der Waals surface area (Å²) in [7, 11) is 4.93. The quantitative estimate of drug-likeness (QED) is 0.298. The first-order chi connectivity index (χ1) is 18.1. The van der Waals surface area contributed by atoms with E-state index in [0.717, 1.165) is 26.8 Å². The molecule has 6 nitrogen and oxygen atoms in total. The average molecular weight is 560 g/mol. The number of benzene rings is 3. The van der Waals surface area contributed by atoms with Crippen molar-refractivity contribution in [3.8, 4) is 16.9 Å². The van der Waals surface area contributed by atoms with Gasteiger partial charge in [0.25, 0.3) is 5.56 Å². The van der Waals surface area contributed by atoms with Crippen LogP contribution in [0.25, 0.3) is 11.1 Å². The van der Waals surface area contributed by atoms with Crippen LogP contribution in [0.2, 0.25) is 0 Å². The summed E-state index contributed by atoms with van der Waals surface area (Å²) >= 11 is 0. The van der Waals surface area contributed by atoms with E-state index in [0.29, 0.717) is 0 Å². The van der Waals surface area contributed by atoms with Crippen LogP contribution in [-0.2, 0) is 13.1 Å². The van der Waals surface area contributed by atoms with Crippen molar-refractivity contribution in [2.45, 2.75) is 26.1 Å². The van der Waals surface area contributed by atoms with Gasteiger partial charge in [0.15, 0.2) is 11.6 Å². The number of hydrogen-bond donors (Lipinski definition) is 0. The van der Waals surface area contributed by atoms with Crippen LogP contribution < -0.4 is 16.0 Å². The van der Waals surface area contributed by atoms with Crippen LogP contribution in [0.15, 0.2) is 76.3 Å². The molecular weight excluding hydrogens is 531 g/mol. The van der Waals surface area contributed by atoms with E-state index < -0.39 is 41.3 Å². The standard InChI is InChI=1S/C29H28F3N3O3.ClH/c1-18-26(20-12-8-15-25(38-4)27(20)32)28(36)35(17-24(33(2)3)19-10-6-5-7-11-19)29(37)34(18)16-21-22(30)13-9-14-23(21)31;/h5-15,24H,16-17H2,1-4H3;1H/t24-;/m1./s1. The Kier molecular flexibility index (Phi) is 9.42. The summed E-state index contributed by atoms with van der Waals surface area (Å²) in [5.74, 6) is -2.53. The van der Waals surface area contributed by atoms with E-state index >= 15 is 4.39 Å². The van der Waals surface area contributed by atoms with E-state index in [1.807, 2.05) is 49.3 Å². The van der Waals surface area contributed by atoms with Crippen molar-refractivity contribution in [2.24, 2.45) is 0 Å². The molecule has 0 N–H and O–H groups in total. The van der Waals surface area contributed by atoms with Crippen LogP contribution in [-0.4, -0.2) is 35.2 Å². The summed E-state index contributed by atoms with van der Waals surface area (Å²) in [6, 6.07) is 16.7. The smallest absolute Gasteiger partial charge is 0.331 e. The molecule has 4 rings (SSSR count). The molecule has 0 saturated carbocycles. The molecule has 0 amide bonds. The first-order valence-electron chi connectivity index (χ1n) is 12.0. The first-order valence-corrected chi connectivity index (χ1v) is 12.0. The van der Waals surface area contributed by atoms with Gasteiger partial charge in [0.1, 0.15) is 11.6 Å². The zero-order valence-corrected chi connectivity index (χ0v) is 22.8. The lowest BCUT2D eigenvalue weighted by molar-refractivity contribution is 0.261. The number of aromatic nitrogens is 2. The van der Waals surface area contributed by atoms with Crippen molar-refractivity contribution in [3.05, 3.63) is 122 Å². The fourth-order valence-corrected chi connectivity index (χ4v) is 4.58. The van der Waals surface area contributed by atoms with Gasteiger partial charge in [0.05, 0.1) is 31.8 Å². The molecule has 0 aliphatic carbocycles. The summed E-state index contributed by atoms with van der Waals surface area (Å²) in [5, 5.41) is 0. The number of methoxy groups -OCH3 is 1. The zero-order valence-electron chi connectivity index (χ0n) is 22.0. The van der Waals surface area contributed by atoms with E-state index in [2.05, 4.69) is 0 Å². The second-order valence-electron chi connectivity index (χ2n) is 9.16. The Hall–Kier alpha value is -3.82. The van der Waals surface area contributed by atoms with E-state index in [1.54, 1.807) is 0 Å². The molecule has 0 unspecified atom stereocenters. The highest BCUT2D eigenvalue weighted by Crippen LogP contribution is 2.29. The molecule has 0 radical (unpaired) electrons. The SMILES string of the molecule is COc1cccc(-c2c(C)n(Cc3c(F)cccc3F)c(=O)n(C[C@H](c3ccccc3)N(C)C)c2=O)c1F.Cl. The van der Waals surface area contributed by atoms with E-state index in [9.17, 15) is 18.4 Å². The Bertz CT molecular complexity index is 1570. The maximum atomic E-state index is 15.4. The molecule has 4 aromatic rings.